The van der Waals surface area contributed by atoms with Crippen molar-refractivity contribution < 1.29 is 8.42 Å². The van der Waals surface area contributed by atoms with E-state index in [-0.39, 0.29) is 0 Å². The van der Waals surface area contributed by atoms with Crippen molar-refractivity contribution in [2.45, 2.75) is 11.1 Å². The number of benzene rings is 1. The molecule has 0 aliphatic heterocycles. The Morgan fingerprint density at radius 2 is 1.91 bits per heavy atom. The molecule has 0 saturated carbocycles. The maximum absolute atomic E-state index is 12.1. The number of anilines is 1. The van der Waals surface area contributed by atoms with Gasteiger partial charge >= 0.3 is 0 Å². The van der Waals surface area contributed by atoms with Gasteiger partial charge in [-0.3, -0.25) is 0 Å². The van der Waals surface area contributed by atoms with Gasteiger partial charge in [-0.15, -0.1) is 11.3 Å². The van der Waals surface area contributed by atoms with Crippen molar-refractivity contribution in [2.24, 2.45) is 0 Å². The van der Waals surface area contributed by atoms with Crippen LogP contribution in [-0.2, 0) is 10.0 Å². The molecule has 22 heavy (non-hydrogen) atoms. The normalized spacial score (nSPS) is 11.9. The quantitative estimate of drug-likeness (QED) is 0.668. The highest BCUT2D eigenvalue weighted by atomic mass is 32.2. The van der Waals surface area contributed by atoms with E-state index in [0.29, 0.717) is 17.3 Å². The molecule has 2 heterocycles. The van der Waals surface area contributed by atoms with E-state index in [9.17, 15) is 8.42 Å². The van der Waals surface area contributed by atoms with Crippen LogP contribution in [0.3, 0.4) is 0 Å². The fourth-order valence-electron chi connectivity index (χ4n) is 1.93. The minimum absolute atomic E-state index is 0.315. The van der Waals surface area contributed by atoms with Gasteiger partial charge in [0, 0.05) is 18.0 Å². The Bertz CT molecular complexity index is 851. The molecule has 0 bridgehead atoms. The lowest BCUT2D eigenvalue weighted by molar-refractivity contribution is 0.585. The monoisotopic (exact) mass is 353 g/mol. The van der Waals surface area contributed by atoms with Crippen LogP contribution in [-0.4, -0.2) is 26.5 Å². The summed E-state index contributed by atoms with van der Waals surface area (Å²) in [6, 6.07) is 11.3. The summed E-state index contributed by atoms with van der Waals surface area (Å²) in [7, 11) is -3.41. The lowest BCUT2D eigenvalue weighted by atomic mass is 10.3. The summed E-state index contributed by atoms with van der Waals surface area (Å²) in [5.41, 5.74) is 0.949. The highest BCUT2D eigenvalue weighted by Crippen LogP contribution is 2.25. The van der Waals surface area contributed by atoms with E-state index in [1.54, 1.807) is 23.5 Å². The molecule has 0 radical (unpaired) electrons. The minimum Gasteiger partial charge on any atom is -0.360 e. The number of aromatic nitrogens is 1. The Labute approximate surface area is 137 Å². The number of thiazole rings is 1. The van der Waals surface area contributed by atoms with Crippen LogP contribution >= 0.6 is 22.7 Å². The van der Waals surface area contributed by atoms with E-state index in [0.717, 1.165) is 20.2 Å². The number of hydrogen-bond acceptors (Lipinski definition) is 6. The first-order valence-electron chi connectivity index (χ1n) is 6.70. The molecule has 2 aromatic heterocycles. The summed E-state index contributed by atoms with van der Waals surface area (Å²) in [5.74, 6) is 0. The molecule has 2 N–H and O–H groups in total. The maximum atomic E-state index is 12.1. The number of sulfonamides is 1. The van der Waals surface area contributed by atoms with Crippen LogP contribution in [0.1, 0.15) is 4.88 Å². The van der Waals surface area contributed by atoms with Crippen molar-refractivity contribution in [1.29, 1.82) is 0 Å². The topological polar surface area (TPSA) is 71.1 Å². The van der Waals surface area contributed by atoms with Gasteiger partial charge in [-0.05, 0) is 31.2 Å². The van der Waals surface area contributed by atoms with Crippen LogP contribution in [0.5, 0.6) is 0 Å². The van der Waals surface area contributed by atoms with Crippen LogP contribution in [0.25, 0.3) is 10.2 Å². The maximum Gasteiger partial charge on any atom is 0.250 e. The summed E-state index contributed by atoms with van der Waals surface area (Å²) in [6.07, 6.45) is 0. The zero-order valence-electron chi connectivity index (χ0n) is 11.9. The van der Waals surface area contributed by atoms with E-state index in [2.05, 4.69) is 15.0 Å². The number of thiophene rings is 1. The molecule has 116 valence electrons. The number of rotatable bonds is 6. The summed E-state index contributed by atoms with van der Waals surface area (Å²) in [6.45, 7) is 2.69. The van der Waals surface area contributed by atoms with Crippen molar-refractivity contribution in [1.82, 2.24) is 9.71 Å². The number of nitrogens with one attached hydrogen (secondary N) is 2. The van der Waals surface area contributed by atoms with Gasteiger partial charge in [-0.2, -0.15) is 0 Å². The second kappa shape index (κ2) is 6.33. The molecular formula is C14H15N3O2S3. The summed E-state index contributed by atoms with van der Waals surface area (Å²) in [5, 5.41) is 3.95. The van der Waals surface area contributed by atoms with Gasteiger partial charge in [0.15, 0.2) is 5.13 Å². The number of aryl methyl sites for hydroxylation is 1. The fraction of sp³-hybridized carbons (Fsp3) is 0.214. The molecule has 0 unspecified atom stereocenters. The lowest BCUT2D eigenvalue weighted by Crippen LogP contribution is -2.28. The number of para-hydroxylation sites is 1. The number of hydrogen-bond donors (Lipinski definition) is 2. The van der Waals surface area contributed by atoms with Gasteiger partial charge in [0.05, 0.1) is 10.2 Å². The first-order valence-corrected chi connectivity index (χ1v) is 9.82. The molecule has 0 atom stereocenters. The zero-order valence-corrected chi connectivity index (χ0v) is 14.3. The summed E-state index contributed by atoms with van der Waals surface area (Å²) in [4.78, 5) is 5.42. The van der Waals surface area contributed by atoms with Crippen LogP contribution in [0.2, 0.25) is 0 Å². The van der Waals surface area contributed by atoms with Crippen LogP contribution < -0.4 is 10.0 Å². The van der Waals surface area contributed by atoms with Crippen molar-refractivity contribution in [3.8, 4) is 0 Å². The molecule has 3 aromatic rings. The van der Waals surface area contributed by atoms with E-state index < -0.39 is 10.0 Å². The van der Waals surface area contributed by atoms with Gasteiger partial charge in [-0.25, -0.2) is 18.1 Å². The minimum atomic E-state index is -3.41. The van der Waals surface area contributed by atoms with Crippen LogP contribution in [0, 0.1) is 6.92 Å². The van der Waals surface area contributed by atoms with Gasteiger partial charge < -0.3 is 5.32 Å². The molecule has 0 spiro atoms. The van der Waals surface area contributed by atoms with Crippen LogP contribution in [0.4, 0.5) is 5.13 Å². The second-order valence-electron chi connectivity index (χ2n) is 4.68. The Kier molecular flexibility index (Phi) is 4.44. The van der Waals surface area contributed by atoms with Crippen molar-refractivity contribution in [3.05, 3.63) is 41.3 Å². The average Bonchev–Trinajstić information content (AvgIpc) is 3.09. The highest BCUT2D eigenvalue weighted by Gasteiger charge is 2.15. The Morgan fingerprint density at radius 3 is 2.64 bits per heavy atom. The molecule has 0 amide bonds. The van der Waals surface area contributed by atoms with Gasteiger partial charge in [0.2, 0.25) is 10.0 Å². The standard InChI is InChI=1S/C14H15N3O2S3/c1-10-6-7-13(20-10)22(18,19)16-9-8-15-14-17-11-4-2-3-5-12(11)21-14/h2-7,16H,8-9H2,1H3,(H,15,17). The Balaban J connectivity index is 1.55. The molecule has 0 fully saturated rings. The average molecular weight is 353 g/mol. The second-order valence-corrected chi connectivity index (χ2v) is 8.99. The Hall–Kier alpha value is -1.48. The molecule has 8 heteroatoms. The van der Waals surface area contributed by atoms with Crippen molar-refractivity contribution >= 4 is 48.0 Å². The van der Waals surface area contributed by atoms with E-state index in [1.807, 2.05) is 31.2 Å². The molecule has 0 aliphatic rings. The molecular weight excluding hydrogens is 338 g/mol. The lowest BCUT2D eigenvalue weighted by Gasteiger charge is -2.05. The predicted octanol–water partition coefficient (Wildman–Crippen LogP) is 3.06. The predicted molar refractivity (Wildman–Crippen MR) is 92.4 cm³/mol. The van der Waals surface area contributed by atoms with E-state index in [4.69, 9.17) is 0 Å². The Morgan fingerprint density at radius 1 is 1.09 bits per heavy atom. The van der Waals surface area contributed by atoms with Gasteiger partial charge in [0.1, 0.15) is 4.21 Å². The van der Waals surface area contributed by atoms with Gasteiger partial charge in [0.25, 0.3) is 0 Å². The first-order chi connectivity index (χ1) is 10.5. The highest BCUT2D eigenvalue weighted by molar-refractivity contribution is 7.91. The third kappa shape index (κ3) is 3.46. The SMILES string of the molecule is Cc1ccc(S(=O)(=O)NCCNc2nc3ccccc3s2)s1. The smallest absolute Gasteiger partial charge is 0.250 e. The first kappa shape index (κ1) is 15.4. The number of nitrogens with zero attached hydrogens (tertiary/aromatic N) is 1. The molecule has 5 nitrogen and oxygen atoms in total. The summed E-state index contributed by atoms with van der Waals surface area (Å²) >= 11 is 2.83. The fourth-order valence-corrected chi connectivity index (χ4v) is 5.18. The molecule has 1 aromatic carbocycles. The van der Waals surface area contributed by atoms with E-state index in [1.165, 1.54) is 11.3 Å². The van der Waals surface area contributed by atoms with E-state index >= 15 is 0 Å². The number of fused-ring (bicyclic) bond motifs is 1. The van der Waals surface area contributed by atoms with Gasteiger partial charge in [-0.1, -0.05) is 23.5 Å². The van der Waals surface area contributed by atoms with Crippen molar-refractivity contribution in [3.63, 3.8) is 0 Å². The zero-order chi connectivity index (χ0) is 15.6. The summed E-state index contributed by atoms with van der Waals surface area (Å²) < 4.78 is 28.2. The molecule has 3 rings (SSSR count). The molecule has 0 aliphatic carbocycles. The largest absolute Gasteiger partial charge is 0.360 e. The van der Waals surface area contributed by atoms with Crippen molar-refractivity contribution in [2.75, 3.05) is 18.4 Å². The third-order valence-electron chi connectivity index (χ3n) is 2.97. The third-order valence-corrected chi connectivity index (χ3v) is 6.92. The molecule has 0 saturated heterocycles. The van der Waals surface area contributed by atoms with Crippen LogP contribution in [0.15, 0.2) is 40.6 Å².